The number of hydrogen-bond donors (Lipinski definition) is 1. The highest BCUT2D eigenvalue weighted by molar-refractivity contribution is 7.81. The lowest BCUT2D eigenvalue weighted by molar-refractivity contribution is 0.0602. The van der Waals surface area contributed by atoms with Gasteiger partial charge in [0.05, 0.1) is 30.1 Å². The zero-order valence-corrected chi connectivity index (χ0v) is 16.4. The van der Waals surface area contributed by atoms with Crippen molar-refractivity contribution in [3.8, 4) is 0 Å². The summed E-state index contributed by atoms with van der Waals surface area (Å²) in [7, 11) is 1.23. The third-order valence-electron chi connectivity index (χ3n) is 3.68. The average molecular weight is 424 g/mol. The second-order valence-electron chi connectivity index (χ2n) is 5.38. The second kappa shape index (κ2) is 8.57. The summed E-state index contributed by atoms with van der Waals surface area (Å²) in [6, 6.07) is 13.9. The van der Waals surface area contributed by atoms with Gasteiger partial charge in [-0.25, -0.2) is 13.3 Å². The number of methoxy groups -OCH3 is 1. The SMILES string of the molecule is COC(=O)c1ccc(Cl)cc1N(c1nsnc1Cc1ccccc1)S(=O)O. The van der Waals surface area contributed by atoms with Crippen LogP contribution in [0.4, 0.5) is 11.5 Å². The Balaban J connectivity index is 2.09. The number of nitrogens with zero attached hydrogens (tertiary/aromatic N) is 3. The van der Waals surface area contributed by atoms with Gasteiger partial charge in [0, 0.05) is 11.4 Å². The zero-order valence-electron chi connectivity index (χ0n) is 14.0. The highest BCUT2D eigenvalue weighted by Gasteiger charge is 2.27. The molecule has 1 N–H and O–H groups in total. The van der Waals surface area contributed by atoms with Crippen molar-refractivity contribution in [1.29, 1.82) is 0 Å². The van der Waals surface area contributed by atoms with Crippen molar-refractivity contribution in [3.05, 3.63) is 70.4 Å². The molecule has 0 aliphatic rings. The molecular weight excluding hydrogens is 410 g/mol. The molecule has 0 aliphatic carbocycles. The van der Waals surface area contributed by atoms with Crippen LogP contribution in [0.5, 0.6) is 0 Å². The molecule has 10 heteroatoms. The van der Waals surface area contributed by atoms with Gasteiger partial charge in [-0.1, -0.05) is 41.9 Å². The summed E-state index contributed by atoms with van der Waals surface area (Å²) in [5, 5.41) is 0.293. The van der Waals surface area contributed by atoms with Crippen molar-refractivity contribution in [1.82, 2.24) is 8.75 Å². The molecule has 0 saturated heterocycles. The van der Waals surface area contributed by atoms with Gasteiger partial charge in [0.25, 0.3) is 11.3 Å². The smallest absolute Gasteiger partial charge is 0.340 e. The predicted molar refractivity (Wildman–Crippen MR) is 105 cm³/mol. The minimum absolute atomic E-state index is 0.0861. The van der Waals surface area contributed by atoms with Gasteiger partial charge in [0.1, 0.15) is 5.69 Å². The van der Waals surface area contributed by atoms with E-state index in [4.69, 9.17) is 16.3 Å². The third kappa shape index (κ3) is 4.33. The molecule has 3 aromatic rings. The van der Waals surface area contributed by atoms with Crippen LogP contribution in [0.1, 0.15) is 21.6 Å². The van der Waals surface area contributed by atoms with Gasteiger partial charge < -0.3 is 4.74 Å². The molecule has 0 fully saturated rings. The fourth-order valence-corrected chi connectivity index (χ4v) is 3.87. The molecule has 1 aromatic heterocycles. The Morgan fingerprint density at radius 1 is 1.26 bits per heavy atom. The fourth-order valence-electron chi connectivity index (χ4n) is 2.48. The van der Waals surface area contributed by atoms with Gasteiger partial charge in [0.2, 0.25) is 0 Å². The van der Waals surface area contributed by atoms with E-state index in [2.05, 4.69) is 8.75 Å². The zero-order chi connectivity index (χ0) is 19.4. The lowest BCUT2D eigenvalue weighted by Crippen LogP contribution is -2.23. The maximum atomic E-state index is 12.2. The van der Waals surface area contributed by atoms with E-state index < -0.39 is 17.2 Å². The molecule has 3 rings (SSSR count). The van der Waals surface area contributed by atoms with E-state index in [0.717, 1.165) is 21.6 Å². The Morgan fingerprint density at radius 2 is 2.00 bits per heavy atom. The quantitative estimate of drug-likeness (QED) is 0.478. The van der Waals surface area contributed by atoms with Gasteiger partial charge in [-0.05, 0) is 23.8 Å². The molecule has 7 nitrogen and oxygen atoms in total. The summed E-state index contributed by atoms with van der Waals surface area (Å²) >= 11 is 4.45. The number of esters is 1. The Hall–Kier alpha value is -2.33. The first-order valence-corrected chi connectivity index (χ1v) is 9.82. The first kappa shape index (κ1) is 19.4. The summed E-state index contributed by atoms with van der Waals surface area (Å²) in [4.78, 5) is 12.1. The number of aromatic nitrogens is 2. The van der Waals surface area contributed by atoms with E-state index in [0.29, 0.717) is 17.1 Å². The number of anilines is 2. The van der Waals surface area contributed by atoms with E-state index in [-0.39, 0.29) is 17.1 Å². The van der Waals surface area contributed by atoms with Crippen molar-refractivity contribution < 1.29 is 18.3 Å². The monoisotopic (exact) mass is 423 g/mol. The summed E-state index contributed by atoms with van der Waals surface area (Å²) in [5.74, 6) is -0.484. The summed E-state index contributed by atoms with van der Waals surface area (Å²) < 4.78 is 36.3. The largest absolute Gasteiger partial charge is 0.465 e. The van der Waals surface area contributed by atoms with Crippen LogP contribution < -0.4 is 4.31 Å². The molecule has 140 valence electrons. The predicted octanol–water partition coefficient (Wildman–Crippen LogP) is 3.84. The van der Waals surface area contributed by atoms with Gasteiger partial charge >= 0.3 is 5.97 Å². The molecule has 0 amide bonds. The van der Waals surface area contributed by atoms with Crippen LogP contribution >= 0.6 is 23.3 Å². The molecule has 1 unspecified atom stereocenters. The molecular formula is C17H14ClN3O4S2. The van der Waals surface area contributed by atoms with Crippen LogP contribution in [-0.4, -0.2) is 30.6 Å². The highest BCUT2D eigenvalue weighted by atomic mass is 35.5. The van der Waals surface area contributed by atoms with E-state index in [1.54, 1.807) is 0 Å². The normalized spacial score (nSPS) is 11.8. The Labute approximate surface area is 167 Å². The number of carbonyl (C=O) groups excluding carboxylic acids is 1. The first-order chi connectivity index (χ1) is 13.0. The second-order valence-corrected chi connectivity index (χ2v) is 7.17. The summed E-state index contributed by atoms with van der Waals surface area (Å²) in [5.41, 5.74) is 1.67. The van der Waals surface area contributed by atoms with Crippen molar-refractivity contribution in [2.24, 2.45) is 0 Å². The van der Waals surface area contributed by atoms with Crippen LogP contribution in [-0.2, 0) is 22.4 Å². The van der Waals surface area contributed by atoms with E-state index >= 15 is 0 Å². The molecule has 0 bridgehead atoms. The molecule has 2 aromatic carbocycles. The lowest BCUT2D eigenvalue weighted by atomic mass is 10.1. The minimum atomic E-state index is -2.52. The van der Waals surface area contributed by atoms with Crippen LogP contribution in [0, 0.1) is 0 Å². The van der Waals surface area contributed by atoms with Crippen LogP contribution in [0.2, 0.25) is 5.02 Å². The van der Waals surface area contributed by atoms with Crippen molar-refractivity contribution in [2.75, 3.05) is 11.4 Å². The van der Waals surface area contributed by atoms with Gasteiger partial charge in [0.15, 0.2) is 5.82 Å². The van der Waals surface area contributed by atoms with E-state index in [1.165, 1.54) is 25.3 Å². The molecule has 27 heavy (non-hydrogen) atoms. The summed E-state index contributed by atoms with van der Waals surface area (Å²) in [6.45, 7) is 0. The topological polar surface area (TPSA) is 92.6 Å². The molecule has 0 aliphatic heterocycles. The molecule has 0 radical (unpaired) electrons. The molecule has 0 saturated carbocycles. The van der Waals surface area contributed by atoms with Crippen molar-refractivity contribution in [2.45, 2.75) is 6.42 Å². The average Bonchev–Trinajstić information content (AvgIpc) is 3.09. The van der Waals surface area contributed by atoms with E-state index in [9.17, 15) is 13.6 Å². The number of hydrogen-bond acceptors (Lipinski definition) is 6. The number of carbonyl (C=O) groups is 1. The number of benzene rings is 2. The molecule has 0 spiro atoms. The maximum absolute atomic E-state index is 12.2. The van der Waals surface area contributed by atoms with E-state index in [1.807, 2.05) is 30.3 Å². The Morgan fingerprint density at radius 3 is 2.67 bits per heavy atom. The summed E-state index contributed by atoms with van der Waals surface area (Å²) in [6.07, 6.45) is 0.411. The molecule has 1 atom stereocenters. The maximum Gasteiger partial charge on any atom is 0.340 e. The Kier molecular flexibility index (Phi) is 6.17. The van der Waals surface area contributed by atoms with Crippen LogP contribution in [0.25, 0.3) is 0 Å². The molecule has 1 heterocycles. The number of ether oxygens (including phenoxy) is 1. The fraction of sp³-hybridized carbons (Fsp3) is 0.118. The number of halogens is 1. The van der Waals surface area contributed by atoms with Crippen molar-refractivity contribution >= 4 is 52.1 Å². The lowest BCUT2D eigenvalue weighted by Gasteiger charge is -2.21. The van der Waals surface area contributed by atoms with Crippen molar-refractivity contribution in [3.63, 3.8) is 0 Å². The minimum Gasteiger partial charge on any atom is -0.465 e. The van der Waals surface area contributed by atoms with Gasteiger partial charge in [-0.15, -0.1) is 0 Å². The Bertz CT molecular complexity index is 981. The standard InChI is InChI=1S/C17H14ClN3O4S2/c1-25-17(22)13-8-7-12(18)10-15(13)21(27(23)24)16-14(19-26-20-16)9-11-5-3-2-4-6-11/h2-8,10H,9H2,1H3,(H,23,24). The third-order valence-corrected chi connectivity index (χ3v) is 5.16. The highest BCUT2D eigenvalue weighted by Crippen LogP contribution is 2.34. The van der Waals surface area contributed by atoms with Crippen LogP contribution in [0.3, 0.4) is 0 Å². The van der Waals surface area contributed by atoms with Gasteiger partial charge in [-0.3, -0.25) is 4.55 Å². The van der Waals surface area contributed by atoms with Crippen LogP contribution in [0.15, 0.2) is 48.5 Å². The number of rotatable bonds is 6. The first-order valence-electron chi connectivity index (χ1n) is 7.65. The van der Waals surface area contributed by atoms with Gasteiger partial charge in [-0.2, -0.15) is 8.75 Å².